The first-order valence-corrected chi connectivity index (χ1v) is 9.38. The maximum Gasteiger partial charge on any atom is 0.329 e. The van der Waals surface area contributed by atoms with Crippen molar-refractivity contribution in [1.82, 2.24) is 10.6 Å². The highest BCUT2D eigenvalue weighted by molar-refractivity contribution is 7.98. The Hall–Kier alpha value is -2.26. The number of benzene rings is 1. The van der Waals surface area contributed by atoms with E-state index in [0.29, 0.717) is 22.8 Å². The van der Waals surface area contributed by atoms with Crippen LogP contribution in [0.2, 0.25) is 5.02 Å². The molecule has 0 fully saturated rings. The smallest absolute Gasteiger partial charge is 0.329 e. The van der Waals surface area contributed by atoms with Gasteiger partial charge < -0.3 is 15.8 Å². The third-order valence-electron chi connectivity index (χ3n) is 3.22. The van der Waals surface area contributed by atoms with Crippen LogP contribution in [0.5, 0.6) is 0 Å². The predicted octanol–water partition coefficient (Wildman–Crippen LogP) is 1.32. The van der Waals surface area contributed by atoms with E-state index in [1.54, 1.807) is 12.1 Å². The normalized spacial score (nSPS) is 12.6. The van der Waals surface area contributed by atoms with Gasteiger partial charge in [0.05, 0.1) is 0 Å². The molecule has 2 atom stereocenters. The van der Waals surface area contributed by atoms with Crippen molar-refractivity contribution in [2.75, 3.05) is 12.0 Å². The van der Waals surface area contributed by atoms with Gasteiger partial charge in [-0.2, -0.15) is 11.8 Å². The molecule has 0 bridgehead atoms. The van der Waals surface area contributed by atoms with Crippen LogP contribution >= 0.6 is 23.4 Å². The van der Waals surface area contributed by atoms with Gasteiger partial charge in [0, 0.05) is 10.6 Å². The molecule has 0 heterocycles. The fourth-order valence-corrected chi connectivity index (χ4v) is 2.46. The summed E-state index contributed by atoms with van der Waals surface area (Å²) in [5.41, 5.74) is 5.18. The molecule has 0 spiro atoms. The van der Waals surface area contributed by atoms with E-state index in [0.717, 1.165) is 0 Å². The summed E-state index contributed by atoms with van der Waals surface area (Å²) in [5.74, 6) is -1.52. The SMILES string of the molecule is CSCC[C@@H](NC(=O)c1ccc(Cl)cc1)C(=O)O[C@@H](C)C(=O)NC(N)=O. The van der Waals surface area contributed by atoms with Gasteiger partial charge in [0.25, 0.3) is 11.8 Å². The van der Waals surface area contributed by atoms with Gasteiger partial charge in [-0.3, -0.25) is 14.9 Å². The number of imide groups is 1. The highest BCUT2D eigenvalue weighted by atomic mass is 35.5. The Bertz CT molecular complexity index is 668. The van der Waals surface area contributed by atoms with E-state index in [2.05, 4.69) is 5.32 Å². The number of esters is 1. The number of carbonyl (C=O) groups excluding carboxylic acids is 4. The molecule has 26 heavy (non-hydrogen) atoms. The second-order valence-electron chi connectivity index (χ2n) is 5.25. The van der Waals surface area contributed by atoms with Crippen LogP contribution in [0.1, 0.15) is 23.7 Å². The molecule has 0 saturated carbocycles. The van der Waals surface area contributed by atoms with Gasteiger partial charge in [-0.15, -0.1) is 0 Å². The minimum absolute atomic E-state index is 0.309. The van der Waals surface area contributed by atoms with E-state index in [9.17, 15) is 19.2 Å². The van der Waals surface area contributed by atoms with Crippen molar-refractivity contribution < 1.29 is 23.9 Å². The summed E-state index contributed by atoms with van der Waals surface area (Å²) in [6.45, 7) is 1.29. The molecule has 0 aliphatic heterocycles. The van der Waals surface area contributed by atoms with Crippen molar-refractivity contribution in [3.05, 3.63) is 34.9 Å². The monoisotopic (exact) mass is 401 g/mol. The molecule has 0 aromatic heterocycles. The van der Waals surface area contributed by atoms with Gasteiger partial charge in [0.15, 0.2) is 6.10 Å². The van der Waals surface area contributed by atoms with Gasteiger partial charge in [0.2, 0.25) is 0 Å². The standard InChI is InChI=1S/C16H20ClN3O5S/c1-9(13(21)20-16(18)24)25-15(23)12(7-8-26-2)19-14(22)10-3-5-11(17)6-4-10/h3-6,9,12H,7-8H2,1-2H3,(H,19,22)(H3,18,20,21,24)/t9-,12+/m0/s1. The molecule has 0 unspecified atom stereocenters. The lowest BCUT2D eigenvalue weighted by molar-refractivity contribution is -0.156. The number of urea groups is 1. The van der Waals surface area contributed by atoms with Gasteiger partial charge in [0.1, 0.15) is 6.04 Å². The molecule has 0 saturated heterocycles. The Morgan fingerprint density at radius 2 is 1.85 bits per heavy atom. The molecule has 0 radical (unpaired) electrons. The largest absolute Gasteiger partial charge is 0.451 e. The van der Waals surface area contributed by atoms with Crippen LogP contribution in [-0.2, 0) is 14.3 Å². The Kier molecular flexibility index (Phi) is 8.94. The maximum absolute atomic E-state index is 12.3. The summed E-state index contributed by atoms with van der Waals surface area (Å²) >= 11 is 7.27. The lowest BCUT2D eigenvalue weighted by Gasteiger charge is -2.20. The van der Waals surface area contributed by atoms with Gasteiger partial charge in [-0.05, 0) is 49.6 Å². The van der Waals surface area contributed by atoms with Gasteiger partial charge >= 0.3 is 12.0 Å². The van der Waals surface area contributed by atoms with E-state index in [-0.39, 0.29) is 0 Å². The summed E-state index contributed by atoms with van der Waals surface area (Å²) < 4.78 is 5.02. The number of hydrogen-bond acceptors (Lipinski definition) is 6. The maximum atomic E-state index is 12.3. The van der Waals surface area contributed by atoms with E-state index in [4.69, 9.17) is 22.1 Å². The van der Waals surface area contributed by atoms with Crippen molar-refractivity contribution in [2.24, 2.45) is 5.73 Å². The van der Waals surface area contributed by atoms with Gasteiger partial charge in [-0.25, -0.2) is 9.59 Å². The van der Waals surface area contributed by atoms with Crippen molar-refractivity contribution in [3.63, 3.8) is 0 Å². The molecule has 8 nitrogen and oxygen atoms in total. The highest BCUT2D eigenvalue weighted by Gasteiger charge is 2.27. The zero-order valence-electron chi connectivity index (χ0n) is 14.3. The van der Waals surface area contributed by atoms with E-state index in [1.165, 1.54) is 30.8 Å². The number of primary amides is 1. The number of carbonyl (C=O) groups is 4. The molecular formula is C16H20ClN3O5S. The molecule has 0 aliphatic rings. The molecule has 142 valence electrons. The molecule has 1 aromatic carbocycles. The Morgan fingerprint density at radius 3 is 2.38 bits per heavy atom. The zero-order chi connectivity index (χ0) is 19.7. The van der Waals surface area contributed by atoms with Crippen LogP contribution in [0.3, 0.4) is 0 Å². The fraction of sp³-hybridized carbons (Fsp3) is 0.375. The number of amides is 4. The molecule has 1 aromatic rings. The summed E-state index contributed by atoms with van der Waals surface area (Å²) in [5, 5.41) is 4.88. The second kappa shape index (κ2) is 10.7. The van der Waals surface area contributed by atoms with Crippen LogP contribution in [0.4, 0.5) is 4.79 Å². The van der Waals surface area contributed by atoms with Crippen LogP contribution in [0, 0.1) is 0 Å². The second-order valence-corrected chi connectivity index (χ2v) is 6.67. The zero-order valence-corrected chi connectivity index (χ0v) is 15.9. The number of nitrogens with two attached hydrogens (primary N) is 1. The first-order chi connectivity index (χ1) is 12.2. The van der Waals surface area contributed by atoms with Crippen molar-refractivity contribution in [2.45, 2.75) is 25.5 Å². The molecule has 10 heteroatoms. The average Bonchev–Trinajstić information content (AvgIpc) is 2.58. The minimum atomic E-state index is -1.24. The summed E-state index contributed by atoms with van der Waals surface area (Å²) in [6.07, 6.45) is 0.926. The summed E-state index contributed by atoms with van der Waals surface area (Å²) in [7, 11) is 0. The number of ether oxygens (including phenoxy) is 1. The Labute approximate surface area is 160 Å². The van der Waals surface area contributed by atoms with Gasteiger partial charge in [-0.1, -0.05) is 11.6 Å². The minimum Gasteiger partial charge on any atom is -0.451 e. The molecule has 4 N–H and O–H groups in total. The lowest BCUT2D eigenvalue weighted by atomic mass is 10.1. The summed E-state index contributed by atoms with van der Waals surface area (Å²) in [4.78, 5) is 46.9. The van der Waals surface area contributed by atoms with Crippen molar-refractivity contribution in [1.29, 1.82) is 0 Å². The first kappa shape index (κ1) is 21.8. The third kappa shape index (κ3) is 7.32. The van der Waals surface area contributed by atoms with Crippen LogP contribution < -0.4 is 16.4 Å². The molecule has 1 rings (SSSR count). The van der Waals surface area contributed by atoms with Crippen LogP contribution in [0.15, 0.2) is 24.3 Å². The fourth-order valence-electron chi connectivity index (χ4n) is 1.86. The number of rotatable bonds is 8. The average molecular weight is 402 g/mol. The van der Waals surface area contributed by atoms with E-state index < -0.39 is 36.0 Å². The Balaban J connectivity index is 2.76. The molecule has 4 amide bonds. The lowest BCUT2D eigenvalue weighted by Crippen LogP contribution is -2.47. The number of hydrogen-bond donors (Lipinski definition) is 3. The van der Waals surface area contributed by atoms with Crippen LogP contribution in [-0.4, -0.2) is 48.0 Å². The molecular weight excluding hydrogens is 382 g/mol. The highest BCUT2D eigenvalue weighted by Crippen LogP contribution is 2.11. The van der Waals surface area contributed by atoms with Crippen molar-refractivity contribution in [3.8, 4) is 0 Å². The van der Waals surface area contributed by atoms with Crippen LogP contribution in [0.25, 0.3) is 0 Å². The number of nitrogens with one attached hydrogen (secondary N) is 2. The number of halogens is 1. The van der Waals surface area contributed by atoms with E-state index in [1.807, 2.05) is 11.6 Å². The predicted molar refractivity (Wildman–Crippen MR) is 99.0 cm³/mol. The van der Waals surface area contributed by atoms with Crippen molar-refractivity contribution >= 4 is 47.2 Å². The quantitative estimate of drug-likeness (QED) is 0.563. The number of thioether (sulfide) groups is 1. The molecule has 0 aliphatic carbocycles. The Morgan fingerprint density at radius 1 is 1.23 bits per heavy atom. The topological polar surface area (TPSA) is 128 Å². The summed E-state index contributed by atoms with van der Waals surface area (Å²) in [6, 6.07) is 4.17. The third-order valence-corrected chi connectivity index (χ3v) is 4.11. The first-order valence-electron chi connectivity index (χ1n) is 7.60. The van der Waals surface area contributed by atoms with E-state index >= 15 is 0 Å².